The molecule has 72 valence electrons. The SMILES string of the molecule is CCN1CC(COC(C)(C)C)C1. The Hall–Kier alpha value is -0.0800. The molecule has 0 N–H and O–H groups in total. The molecule has 12 heavy (non-hydrogen) atoms. The number of hydrogen-bond acceptors (Lipinski definition) is 2. The van der Waals surface area contributed by atoms with Gasteiger partial charge in [0, 0.05) is 19.0 Å². The van der Waals surface area contributed by atoms with E-state index in [-0.39, 0.29) is 5.60 Å². The van der Waals surface area contributed by atoms with Gasteiger partial charge in [-0.15, -0.1) is 0 Å². The van der Waals surface area contributed by atoms with E-state index in [2.05, 4.69) is 32.6 Å². The normalized spacial score (nSPS) is 21.0. The van der Waals surface area contributed by atoms with Crippen molar-refractivity contribution in [1.29, 1.82) is 0 Å². The maximum Gasteiger partial charge on any atom is 0.0598 e. The van der Waals surface area contributed by atoms with Crippen LogP contribution in [-0.4, -0.2) is 36.7 Å². The van der Waals surface area contributed by atoms with Gasteiger partial charge in [-0.25, -0.2) is 0 Å². The summed E-state index contributed by atoms with van der Waals surface area (Å²) < 4.78 is 5.70. The summed E-state index contributed by atoms with van der Waals surface area (Å²) in [6.07, 6.45) is 0. The first-order valence-electron chi connectivity index (χ1n) is 4.87. The summed E-state index contributed by atoms with van der Waals surface area (Å²) in [4.78, 5) is 2.44. The summed E-state index contributed by atoms with van der Waals surface area (Å²) in [6, 6.07) is 0. The molecule has 0 saturated carbocycles. The third-order valence-electron chi connectivity index (χ3n) is 2.23. The van der Waals surface area contributed by atoms with Crippen molar-refractivity contribution < 1.29 is 4.74 Å². The van der Waals surface area contributed by atoms with E-state index in [1.807, 2.05) is 0 Å². The smallest absolute Gasteiger partial charge is 0.0598 e. The molecule has 1 aliphatic heterocycles. The molecule has 0 radical (unpaired) electrons. The van der Waals surface area contributed by atoms with Gasteiger partial charge in [0.25, 0.3) is 0 Å². The quantitative estimate of drug-likeness (QED) is 0.641. The van der Waals surface area contributed by atoms with Crippen molar-refractivity contribution in [2.24, 2.45) is 5.92 Å². The molecular weight excluding hydrogens is 150 g/mol. The second-order valence-corrected chi connectivity index (χ2v) is 4.64. The fraction of sp³-hybridized carbons (Fsp3) is 1.00. The standard InChI is InChI=1S/C10H21NO/c1-5-11-6-9(7-11)8-12-10(2,3)4/h9H,5-8H2,1-4H3. The van der Waals surface area contributed by atoms with Crippen LogP contribution in [0.3, 0.4) is 0 Å². The van der Waals surface area contributed by atoms with Crippen LogP contribution in [0.1, 0.15) is 27.7 Å². The van der Waals surface area contributed by atoms with E-state index < -0.39 is 0 Å². The number of nitrogens with zero attached hydrogens (tertiary/aromatic N) is 1. The maximum absolute atomic E-state index is 5.70. The minimum atomic E-state index is 0.0344. The predicted molar refractivity (Wildman–Crippen MR) is 51.3 cm³/mol. The maximum atomic E-state index is 5.70. The Bertz CT molecular complexity index is 133. The van der Waals surface area contributed by atoms with Crippen molar-refractivity contribution >= 4 is 0 Å². The highest BCUT2D eigenvalue weighted by Gasteiger charge is 2.26. The zero-order valence-electron chi connectivity index (χ0n) is 8.76. The van der Waals surface area contributed by atoms with Crippen molar-refractivity contribution in [3.63, 3.8) is 0 Å². The molecule has 2 heteroatoms. The van der Waals surface area contributed by atoms with Gasteiger partial charge < -0.3 is 9.64 Å². The molecule has 2 nitrogen and oxygen atoms in total. The van der Waals surface area contributed by atoms with E-state index in [4.69, 9.17) is 4.74 Å². The molecule has 1 saturated heterocycles. The van der Waals surface area contributed by atoms with Crippen molar-refractivity contribution in [3.05, 3.63) is 0 Å². The predicted octanol–water partition coefficient (Wildman–Crippen LogP) is 1.75. The van der Waals surface area contributed by atoms with E-state index in [9.17, 15) is 0 Å². The highest BCUT2D eigenvalue weighted by molar-refractivity contribution is 4.79. The molecule has 1 fully saturated rings. The Kier molecular flexibility index (Phi) is 3.13. The number of hydrogen-bond donors (Lipinski definition) is 0. The zero-order valence-corrected chi connectivity index (χ0v) is 8.76. The first-order chi connectivity index (χ1) is 5.51. The Morgan fingerprint density at radius 1 is 1.33 bits per heavy atom. The summed E-state index contributed by atoms with van der Waals surface area (Å²) >= 11 is 0. The molecule has 1 rings (SSSR count). The van der Waals surface area contributed by atoms with Gasteiger partial charge in [-0.2, -0.15) is 0 Å². The lowest BCUT2D eigenvalue weighted by molar-refractivity contribution is -0.0550. The molecule has 0 aromatic rings. The lowest BCUT2D eigenvalue weighted by Crippen LogP contribution is -2.49. The zero-order chi connectivity index (χ0) is 9.19. The summed E-state index contributed by atoms with van der Waals surface area (Å²) in [5.41, 5.74) is 0.0344. The minimum Gasteiger partial charge on any atom is -0.375 e. The minimum absolute atomic E-state index is 0.0344. The van der Waals surface area contributed by atoms with Gasteiger partial charge in [0.2, 0.25) is 0 Å². The van der Waals surface area contributed by atoms with Crippen LogP contribution in [-0.2, 0) is 4.74 Å². The van der Waals surface area contributed by atoms with Crippen LogP contribution in [0, 0.1) is 5.92 Å². The molecule has 0 bridgehead atoms. The highest BCUT2D eigenvalue weighted by atomic mass is 16.5. The fourth-order valence-corrected chi connectivity index (χ4v) is 1.41. The third-order valence-corrected chi connectivity index (χ3v) is 2.23. The summed E-state index contributed by atoms with van der Waals surface area (Å²) in [5, 5.41) is 0. The van der Waals surface area contributed by atoms with E-state index in [1.54, 1.807) is 0 Å². The second-order valence-electron chi connectivity index (χ2n) is 4.64. The van der Waals surface area contributed by atoms with Crippen LogP contribution in [0.4, 0.5) is 0 Å². The van der Waals surface area contributed by atoms with Crippen LogP contribution < -0.4 is 0 Å². The van der Waals surface area contributed by atoms with Gasteiger partial charge in [0.15, 0.2) is 0 Å². The fourth-order valence-electron chi connectivity index (χ4n) is 1.41. The molecule has 1 aliphatic rings. The van der Waals surface area contributed by atoms with Crippen molar-refractivity contribution in [2.45, 2.75) is 33.3 Å². The van der Waals surface area contributed by atoms with Crippen molar-refractivity contribution in [2.75, 3.05) is 26.2 Å². The lowest BCUT2D eigenvalue weighted by atomic mass is 10.0. The first-order valence-corrected chi connectivity index (χ1v) is 4.87. The van der Waals surface area contributed by atoms with Gasteiger partial charge >= 0.3 is 0 Å². The summed E-state index contributed by atoms with van der Waals surface area (Å²) in [6.45, 7) is 13.1. The molecule has 0 unspecified atom stereocenters. The molecule has 0 aliphatic carbocycles. The van der Waals surface area contributed by atoms with Gasteiger partial charge in [-0.3, -0.25) is 0 Å². The Morgan fingerprint density at radius 2 is 1.92 bits per heavy atom. The van der Waals surface area contributed by atoms with Crippen LogP contribution in [0.25, 0.3) is 0 Å². The van der Waals surface area contributed by atoms with Crippen molar-refractivity contribution in [3.8, 4) is 0 Å². The Morgan fingerprint density at radius 3 is 2.33 bits per heavy atom. The third kappa shape index (κ3) is 3.11. The lowest BCUT2D eigenvalue weighted by Gasteiger charge is -2.39. The molecule has 0 aromatic carbocycles. The van der Waals surface area contributed by atoms with E-state index in [0.717, 1.165) is 12.5 Å². The monoisotopic (exact) mass is 171 g/mol. The number of rotatable bonds is 3. The molecular formula is C10H21NO. The Labute approximate surface area is 75.9 Å². The topological polar surface area (TPSA) is 12.5 Å². The van der Waals surface area contributed by atoms with Gasteiger partial charge in [-0.1, -0.05) is 6.92 Å². The number of likely N-dealkylation sites (tertiary alicyclic amines) is 1. The van der Waals surface area contributed by atoms with Crippen LogP contribution >= 0.6 is 0 Å². The van der Waals surface area contributed by atoms with Gasteiger partial charge in [0.05, 0.1) is 12.2 Å². The van der Waals surface area contributed by atoms with Crippen LogP contribution in [0.5, 0.6) is 0 Å². The Balaban J connectivity index is 2.04. The molecule has 0 atom stereocenters. The average molecular weight is 171 g/mol. The summed E-state index contributed by atoms with van der Waals surface area (Å²) in [7, 11) is 0. The van der Waals surface area contributed by atoms with Crippen molar-refractivity contribution in [1.82, 2.24) is 4.90 Å². The van der Waals surface area contributed by atoms with E-state index in [1.165, 1.54) is 19.6 Å². The summed E-state index contributed by atoms with van der Waals surface area (Å²) in [5.74, 6) is 0.782. The van der Waals surface area contributed by atoms with E-state index in [0.29, 0.717) is 0 Å². The number of ether oxygens (including phenoxy) is 1. The van der Waals surface area contributed by atoms with Crippen LogP contribution in [0.2, 0.25) is 0 Å². The largest absolute Gasteiger partial charge is 0.375 e. The molecule has 0 spiro atoms. The van der Waals surface area contributed by atoms with Crippen LogP contribution in [0.15, 0.2) is 0 Å². The molecule has 0 amide bonds. The molecule has 0 aromatic heterocycles. The van der Waals surface area contributed by atoms with Gasteiger partial charge in [-0.05, 0) is 27.3 Å². The highest BCUT2D eigenvalue weighted by Crippen LogP contribution is 2.17. The van der Waals surface area contributed by atoms with Gasteiger partial charge in [0.1, 0.15) is 0 Å². The molecule has 1 heterocycles. The van der Waals surface area contributed by atoms with E-state index >= 15 is 0 Å². The average Bonchev–Trinajstić information content (AvgIpc) is 1.82. The second kappa shape index (κ2) is 3.75. The first kappa shape index (κ1) is 10.0.